The van der Waals surface area contributed by atoms with Crippen molar-refractivity contribution in [3.63, 3.8) is 0 Å². The van der Waals surface area contributed by atoms with Crippen LogP contribution in [0.25, 0.3) is 0 Å². The SMILES string of the molecule is CC(C(=O)NC1CCCCC1CO)N1CCc2ccccc2C1. The van der Waals surface area contributed by atoms with Crippen LogP contribution in [0.5, 0.6) is 0 Å². The first-order valence-corrected chi connectivity index (χ1v) is 8.91. The van der Waals surface area contributed by atoms with Crippen LogP contribution in [0.15, 0.2) is 24.3 Å². The Morgan fingerprint density at radius 3 is 2.83 bits per heavy atom. The van der Waals surface area contributed by atoms with Crippen molar-refractivity contribution < 1.29 is 9.90 Å². The lowest BCUT2D eigenvalue weighted by Gasteiger charge is -2.36. The van der Waals surface area contributed by atoms with E-state index >= 15 is 0 Å². The van der Waals surface area contributed by atoms with E-state index in [1.165, 1.54) is 11.1 Å². The van der Waals surface area contributed by atoms with Crippen molar-refractivity contribution in [1.29, 1.82) is 0 Å². The fourth-order valence-corrected chi connectivity index (χ4v) is 3.93. The predicted molar refractivity (Wildman–Crippen MR) is 91.0 cm³/mol. The highest BCUT2D eigenvalue weighted by Gasteiger charge is 2.30. The molecule has 0 radical (unpaired) electrons. The van der Waals surface area contributed by atoms with Gasteiger partial charge in [0, 0.05) is 31.7 Å². The summed E-state index contributed by atoms with van der Waals surface area (Å²) >= 11 is 0. The summed E-state index contributed by atoms with van der Waals surface area (Å²) in [5.41, 5.74) is 2.74. The smallest absolute Gasteiger partial charge is 0.237 e. The van der Waals surface area contributed by atoms with Crippen LogP contribution in [0.2, 0.25) is 0 Å². The quantitative estimate of drug-likeness (QED) is 0.894. The number of carbonyl (C=O) groups excluding carboxylic acids is 1. The normalized spacial score (nSPS) is 26.3. The molecule has 0 spiro atoms. The molecule has 4 heteroatoms. The largest absolute Gasteiger partial charge is 0.396 e. The van der Waals surface area contributed by atoms with E-state index in [2.05, 4.69) is 34.5 Å². The number of fused-ring (bicyclic) bond motifs is 1. The van der Waals surface area contributed by atoms with Crippen molar-refractivity contribution in [2.75, 3.05) is 13.2 Å². The average Bonchev–Trinajstić information content (AvgIpc) is 2.61. The second kappa shape index (κ2) is 7.45. The molecular weight excluding hydrogens is 288 g/mol. The molecule has 3 unspecified atom stereocenters. The molecule has 0 bridgehead atoms. The Balaban J connectivity index is 1.59. The minimum atomic E-state index is -0.121. The highest BCUT2D eigenvalue weighted by molar-refractivity contribution is 5.81. The number of aliphatic hydroxyl groups excluding tert-OH is 1. The van der Waals surface area contributed by atoms with E-state index in [4.69, 9.17) is 0 Å². The Morgan fingerprint density at radius 2 is 2.04 bits per heavy atom. The van der Waals surface area contributed by atoms with Gasteiger partial charge in [0.25, 0.3) is 0 Å². The first-order chi connectivity index (χ1) is 11.2. The molecular formula is C19H28N2O2. The minimum absolute atomic E-state index is 0.106. The zero-order valence-electron chi connectivity index (χ0n) is 14.0. The van der Waals surface area contributed by atoms with Crippen LogP contribution >= 0.6 is 0 Å². The molecule has 0 saturated heterocycles. The Labute approximate surface area is 138 Å². The molecule has 3 atom stereocenters. The van der Waals surface area contributed by atoms with Crippen LogP contribution in [-0.4, -0.2) is 41.1 Å². The van der Waals surface area contributed by atoms with Crippen molar-refractivity contribution in [2.45, 2.75) is 57.7 Å². The van der Waals surface area contributed by atoms with Crippen LogP contribution in [0, 0.1) is 5.92 Å². The van der Waals surface area contributed by atoms with E-state index in [1.54, 1.807) is 0 Å². The monoisotopic (exact) mass is 316 g/mol. The number of amides is 1. The number of hydrogen-bond acceptors (Lipinski definition) is 3. The van der Waals surface area contributed by atoms with E-state index < -0.39 is 0 Å². The number of nitrogens with zero attached hydrogens (tertiary/aromatic N) is 1. The maximum Gasteiger partial charge on any atom is 0.237 e. The number of benzene rings is 1. The molecule has 1 saturated carbocycles. The first kappa shape index (κ1) is 16.5. The molecule has 126 valence electrons. The molecule has 1 heterocycles. The summed E-state index contributed by atoms with van der Waals surface area (Å²) in [5, 5.41) is 12.7. The Hall–Kier alpha value is -1.39. The van der Waals surface area contributed by atoms with E-state index in [9.17, 15) is 9.90 Å². The lowest BCUT2D eigenvalue weighted by atomic mass is 9.85. The van der Waals surface area contributed by atoms with Gasteiger partial charge >= 0.3 is 0 Å². The van der Waals surface area contributed by atoms with Gasteiger partial charge in [0.05, 0.1) is 6.04 Å². The van der Waals surface area contributed by atoms with Gasteiger partial charge in [-0.15, -0.1) is 0 Å². The van der Waals surface area contributed by atoms with Crippen LogP contribution in [0.4, 0.5) is 0 Å². The van der Waals surface area contributed by atoms with Crippen molar-refractivity contribution in [3.8, 4) is 0 Å². The van der Waals surface area contributed by atoms with Gasteiger partial charge in [-0.05, 0) is 37.3 Å². The standard InChI is InChI=1S/C19H28N2O2/c1-14(19(23)20-18-9-5-4-8-17(18)13-22)21-11-10-15-6-2-3-7-16(15)12-21/h2-3,6-7,14,17-18,22H,4-5,8-13H2,1H3,(H,20,23). The molecule has 4 nitrogen and oxygen atoms in total. The highest BCUT2D eigenvalue weighted by atomic mass is 16.3. The van der Waals surface area contributed by atoms with Gasteiger partial charge in [0.1, 0.15) is 0 Å². The molecule has 3 rings (SSSR count). The number of aliphatic hydroxyl groups is 1. The molecule has 23 heavy (non-hydrogen) atoms. The maximum atomic E-state index is 12.6. The zero-order chi connectivity index (χ0) is 16.2. The molecule has 1 fully saturated rings. The van der Waals surface area contributed by atoms with Crippen LogP contribution in [0.1, 0.15) is 43.7 Å². The van der Waals surface area contributed by atoms with Crippen LogP contribution in [0.3, 0.4) is 0 Å². The van der Waals surface area contributed by atoms with Gasteiger partial charge in [-0.3, -0.25) is 9.69 Å². The third kappa shape index (κ3) is 3.75. The van der Waals surface area contributed by atoms with Crippen molar-refractivity contribution >= 4 is 5.91 Å². The maximum absolute atomic E-state index is 12.6. The molecule has 1 aromatic rings. The Bertz CT molecular complexity index is 546. The highest BCUT2D eigenvalue weighted by Crippen LogP contribution is 2.25. The minimum Gasteiger partial charge on any atom is -0.396 e. The van der Waals surface area contributed by atoms with E-state index in [0.717, 1.165) is 45.2 Å². The third-order valence-electron chi connectivity index (χ3n) is 5.56. The summed E-state index contributed by atoms with van der Waals surface area (Å²) in [5.74, 6) is 0.330. The topological polar surface area (TPSA) is 52.6 Å². The average molecular weight is 316 g/mol. The molecule has 1 aromatic carbocycles. The van der Waals surface area contributed by atoms with E-state index in [0.29, 0.717) is 0 Å². The number of carbonyl (C=O) groups is 1. The van der Waals surface area contributed by atoms with Gasteiger partial charge in [-0.25, -0.2) is 0 Å². The van der Waals surface area contributed by atoms with E-state index in [-0.39, 0.29) is 30.5 Å². The third-order valence-corrected chi connectivity index (χ3v) is 5.56. The summed E-state index contributed by atoms with van der Waals surface area (Å²) in [4.78, 5) is 14.9. The number of nitrogens with one attached hydrogen (secondary N) is 1. The molecule has 2 aliphatic rings. The van der Waals surface area contributed by atoms with Crippen LogP contribution < -0.4 is 5.32 Å². The second-order valence-corrected chi connectivity index (χ2v) is 7.01. The second-order valence-electron chi connectivity index (χ2n) is 7.01. The fraction of sp³-hybridized carbons (Fsp3) is 0.632. The van der Waals surface area contributed by atoms with Gasteiger partial charge in [-0.2, -0.15) is 0 Å². The van der Waals surface area contributed by atoms with E-state index in [1.807, 2.05) is 6.92 Å². The summed E-state index contributed by atoms with van der Waals surface area (Å²) in [6.07, 6.45) is 5.33. The zero-order valence-corrected chi connectivity index (χ0v) is 14.0. The Kier molecular flexibility index (Phi) is 5.34. The van der Waals surface area contributed by atoms with Crippen molar-refractivity contribution in [3.05, 3.63) is 35.4 Å². The number of rotatable bonds is 4. The lowest BCUT2D eigenvalue weighted by molar-refractivity contribution is -0.127. The number of hydrogen-bond donors (Lipinski definition) is 2. The summed E-state index contributed by atoms with van der Waals surface area (Å²) in [6.45, 7) is 3.95. The molecule has 1 amide bonds. The van der Waals surface area contributed by atoms with Gasteiger partial charge in [-0.1, -0.05) is 37.1 Å². The molecule has 1 aliphatic heterocycles. The van der Waals surface area contributed by atoms with Gasteiger partial charge < -0.3 is 10.4 Å². The van der Waals surface area contributed by atoms with Crippen molar-refractivity contribution in [1.82, 2.24) is 10.2 Å². The summed E-state index contributed by atoms with van der Waals surface area (Å²) in [6, 6.07) is 8.52. The fourth-order valence-electron chi connectivity index (χ4n) is 3.93. The lowest BCUT2D eigenvalue weighted by Crippen LogP contribution is -2.52. The molecule has 1 aliphatic carbocycles. The van der Waals surface area contributed by atoms with Gasteiger partial charge in [0.2, 0.25) is 5.91 Å². The van der Waals surface area contributed by atoms with Gasteiger partial charge in [0.15, 0.2) is 0 Å². The predicted octanol–water partition coefficient (Wildman–Crippen LogP) is 2.10. The summed E-state index contributed by atoms with van der Waals surface area (Å²) < 4.78 is 0. The first-order valence-electron chi connectivity index (χ1n) is 8.91. The molecule has 0 aromatic heterocycles. The Morgan fingerprint density at radius 1 is 1.30 bits per heavy atom. The van der Waals surface area contributed by atoms with Crippen molar-refractivity contribution in [2.24, 2.45) is 5.92 Å². The summed E-state index contributed by atoms with van der Waals surface area (Å²) in [7, 11) is 0. The molecule has 2 N–H and O–H groups in total. The van der Waals surface area contributed by atoms with Crippen LogP contribution in [-0.2, 0) is 17.8 Å².